The first-order valence-electron chi connectivity index (χ1n) is 6.99. The molecule has 0 heterocycles. The van der Waals surface area contributed by atoms with E-state index in [0.717, 1.165) is 16.9 Å². The number of hydrogen-bond donors (Lipinski definition) is 2. The Kier molecular flexibility index (Phi) is 6.05. The van der Waals surface area contributed by atoms with Gasteiger partial charge in [0.2, 0.25) is 0 Å². The Bertz CT molecular complexity index is 572. The predicted molar refractivity (Wildman–Crippen MR) is 85.6 cm³/mol. The van der Waals surface area contributed by atoms with Crippen molar-refractivity contribution in [2.75, 3.05) is 6.54 Å². The number of aliphatic hydroxyl groups is 1. The van der Waals surface area contributed by atoms with Crippen LogP contribution in [0.4, 0.5) is 0 Å². The summed E-state index contributed by atoms with van der Waals surface area (Å²) in [6, 6.07) is 15.5. The molecular weight excluding hydrogens is 286 g/mol. The van der Waals surface area contributed by atoms with Crippen LogP contribution < -0.4 is 10.1 Å². The largest absolute Gasteiger partial charge is 0.489 e. The summed E-state index contributed by atoms with van der Waals surface area (Å²) in [5.74, 6) is 0.843. The predicted octanol–water partition coefficient (Wildman–Crippen LogP) is 3.39. The zero-order valence-electron chi connectivity index (χ0n) is 12.1. The fraction of sp³-hybridized carbons (Fsp3) is 0.294. The van der Waals surface area contributed by atoms with Gasteiger partial charge in [-0.1, -0.05) is 41.9 Å². The minimum absolute atomic E-state index is 0.357. The van der Waals surface area contributed by atoms with Gasteiger partial charge in [-0.2, -0.15) is 0 Å². The van der Waals surface area contributed by atoms with E-state index in [0.29, 0.717) is 24.7 Å². The lowest BCUT2D eigenvalue weighted by Crippen LogP contribution is -2.24. The number of nitrogens with one attached hydrogen (secondary N) is 1. The molecule has 0 bridgehead atoms. The van der Waals surface area contributed by atoms with Crippen LogP contribution in [0.5, 0.6) is 5.75 Å². The second-order valence-corrected chi connectivity index (χ2v) is 5.44. The minimum Gasteiger partial charge on any atom is -0.489 e. The van der Waals surface area contributed by atoms with Crippen LogP contribution >= 0.6 is 11.6 Å². The molecular formula is C17H20ClNO2. The number of ether oxygens (including phenoxy) is 1. The highest BCUT2D eigenvalue weighted by Gasteiger charge is 2.04. The first-order chi connectivity index (χ1) is 10.1. The molecule has 0 aliphatic rings. The van der Waals surface area contributed by atoms with Gasteiger partial charge in [0.15, 0.2) is 0 Å². The third-order valence-electron chi connectivity index (χ3n) is 3.01. The highest BCUT2D eigenvalue weighted by atomic mass is 35.5. The molecule has 0 saturated carbocycles. The molecule has 112 valence electrons. The van der Waals surface area contributed by atoms with Crippen LogP contribution in [-0.2, 0) is 13.2 Å². The van der Waals surface area contributed by atoms with E-state index in [9.17, 15) is 5.11 Å². The van der Waals surface area contributed by atoms with Crippen molar-refractivity contribution in [3.05, 3.63) is 64.7 Å². The highest BCUT2D eigenvalue weighted by Crippen LogP contribution is 2.20. The molecule has 0 radical (unpaired) electrons. The lowest BCUT2D eigenvalue weighted by molar-refractivity contribution is 0.190. The van der Waals surface area contributed by atoms with Gasteiger partial charge in [-0.15, -0.1) is 0 Å². The van der Waals surface area contributed by atoms with E-state index >= 15 is 0 Å². The third kappa shape index (κ3) is 5.38. The van der Waals surface area contributed by atoms with Crippen molar-refractivity contribution >= 4 is 11.6 Å². The summed E-state index contributed by atoms with van der Waals surface area (Å²) in [4.78, 5) is 0. The van der Waals surface area contributed by atoms with Gasteiger partial charge in [0.05, 0.1) is 6.10 Å². The standard InChI is InChI=1S/C17H20ClNO2/c1-13(20)10-19-11-15-6-2-3-8-17(15)21-12-14-5-4-7-16(18)9-14/h2-9,13,19-20H,10-12H2,1H3/t13-/m0/s1. The summed E-state index contributed by atoms with van der Waals surface area (Å²) < 4.78 is 5.87. The number of aliphatic hydroxyl groups excluding tert-OH is 1. The van der Waals surface area contributed by atoms with Crippen LogP contribution in [0.15, 0.2) is 48.5 Å². The topological polar surface area (TPSA) is 41.5 Å². The van der Waals surface area contributed by atoms with Crippen molar-refractivity contribution in [1.29, 1.82) is 0 Å². The van der Waals surface area contributed by atoms with E-state index in [2.05, 4.69) is 5.32 Å². The van der Waals surface area contributed by atoms with Gasteiger partial charge in [0.1, 0.15) is 12.4 Å². The molecule has 2 N–H and O–H groups in total. The van der Waals surface area contributed by atoms with Gasteiger partial charge < -0.3 is 15.2 Å². The lowest BCUT2D eigenvalue weighted by Gasteiger charge is -2.13. The Morgan fingerprint density at radius 1 is 1.19 bits per heavy atom. The van der Waals surface area contributed by atoms with E-state index in [1.807, 2.05) is 48.5 Å². The molecule has 2 aromatic carbocycles. The molecule has 0 aromatic heterocycles. The molecule has 1 atom stereocenters. The average Bonchev–Trinajstić information content (AvgIpc) is 2.46. The molecule has 4 heteroatoms. The number of hydrogen-bond acceptors (Lipinski definition) is 3. The van der Waals surface area contributed by atoms with Gasteiger partial charge >= 0.3 is 0 Å². The zero-order valence-corrected chi connectivity index (χ0v) is 12.8. The van der Waals surface area contributed by atoms with Crippen LogP contribution in [0.3, 0.4) is 0 Å². The summed E-state index contributed by atoms with van der Waals surface area (Å²) in [6.45, 7) is 3.46. The molecule has 2 aromatic rings. The summed E-state index contributed by atoms with van der Waals surface area (Å²) in [5, 5.41) is 13.2. The van der Waals surface area contributed by atoms with Gasteiger partial charge in [-0.25, -0.2) is 0 Å². The molecule has 0 aliphatic carbocycles. The SMILES string of the molecule is C[C@H](O)CNCc1ccccc1OCc1cccc(Cl)c1. The number of rotatable bonds is 7. The van der Waals surface area contributed by atoms with Crippen molar-refractivity contribution in [2.24, 2.45) is 0 Å². The molecule has 2 rings (SSSR count). The quantitative estimate of drug-likeness (QED) is 0.824. The molecule has 3 nitrogen and oxygen atoms in total. The van der Waals surface area contributed by atoms with Crippen molar-refractivity contribution in [3.8, 4) is 5.75 Å². The van der Waals surface area contributed by atoms with Crippen molar-refractivity contribution in [1.82, 2.24) is 5.32 Å². The first-order valence-corrected chi connectivity index (χ1v) is 7.37. The summed E-state index contributed by atoms with van der Waals surface area (Å²) in [5.41, 5.74) is 2.11. The maximum atomic E-state index is 9.27. The Hall–Kier alpha value is -1.55. The van der Waals surface area contributed by atoms with Crippen molar-refractivity contribution in [2.45, 2.75) is 26.2 Å². The molecule has 0 fully saturated rings. The first kappa shape index (κ1) is 15.8. The Morgan fingerprint density at radius 3 is 2.76 bits per heavy atom. The van der Waals surface area contributed by atoms with Gasteiger partial charge in [0.25, 0.3) is 0 Å². The molecule has 0 amide bonds. The molecule has 0 aliphatic heterocycles. The molecule has 0 saturated heterocycles. The molecule has 0 spiro atoms. The van der Waals surface area contributed by atoms with E-state index < -0.39 is 0 Å². The second kappa shape index (κ2) is 8.03. The molecule has 0 unspecified atom stereocenters. The maximum Gasteiger partial charge on any atom is 0.124 e. The Labute approximate surface area is 130 Å². The minimum atomic E-state index is -0.357. The highest BCUT2D eigenvalue weighted by molar-refractivity contribution is 6.30. The summed E-state index contributed by atoms with van der Waals surface area (Å²) in [6.07, 6.45) is -0.357. The normalized spacial score (nSPS) is 12.1. The summed E-state index contributed by atoms with van der Waals surface area (Å²) >= 11 is 5.97. The van der Waals surface area contributed by atoms with Crippen LogP contribution in [0, 0.1) is 0 Å². The van der Waals surface area contributed by atoms with E-state index in [1.165, 1.54) is 0 Å². The summed E-state index contributed by atoms with van der Waals surface area (Å²) in [7, 11) is 0. The Balaban J connectivity index is 1.96. The number of halogens is 1. The fourth-order valence-corrected chi connectivity index (χ4v) is 2.21. The fourth-order valence-electron chi connectivity index (χ4n) is 1.99. The smallest absolute Gasteiger partial charge is 0.124 e. The van der Waals surface area contributed by atoms with Gasteiger partial charge in [-0.05, 0) is 30.7 Å². The number of para-hydroxylation sites is 1. The van der Waals surface area contributed by atoms with Crippen molar-refractivity contribution < 1.29 is 9.84 Å². The van der Waals surface area contributed by atoms with Crippen LogP contribution in [-0.4, -0.2) is 17.8 Å². The monoisotopic (exact) mass is 305 g/mol. The van der Waals surface area contributed by atoms with Gasteiger partial charge in [0, 0.05) is 23.7 Å². The second-order valence-electron chi connectivity index (χ2n) is 5.01. The lowest BCUT2D eigenvalue weighted by atomic mass is 10.2. The maximum absolute atomic E-state index is 9.27. The number of benzene rings is 2. The molecule has 21 heavy (non-hydrogen) atoms. The average molecular weight is 306 g/mol. The zero-order chi connectivity index (χ0) is 15.1. The van der Waals surface area contributed by atoms with E-state index in [-0.39, 0.29) is 6.10 Å². The van der Waals surface area contributed by atoms with Crippen LogP contribution in [0.25, 0.3) is 0 Å². The van der Waals surface area contributed by atoms with Crippen molar-refractivity contribution in [3.63, 3.8) is 0 Å². The Morgan fingerprint density at radius 2 is 2.00 bits per heavy atom. The third-order valence-corrected chi connectivity index (χ3v) is 3.25. The van der Waals surface area contributed by atoms with E-state index in [4.69, 9.17) is 16.3 Å². The van der Waals surface area contributed by atoms with E-state index in [1.54, 1.807) is 6.92 Å². The van der Waals surface area contributed by atoms with Gasteiger partial charge in [-0.3, -0.25) is 0 Å². The van der Waals surface area contributed by atoms with Crippen LogP contribution in [0.2, 0.25) is 5.02 Å². The van der Waals surface area contributed by atoms with Crippen LogP contribution in [0.1, 0.15) is 18.1 Å².